The van der Waals surface area contributed by atoms with Crippen LogP contribution in [0.4, 0.5) is 11.4 Å². The van der Waals surface area contributed by atoms with Gasteiger partial charge in [0.1, 0.15) is 5.82 Å². The molecule has 3 aromatic rings. The average Bonchev–Trinajstić information content (AvgIpc) is 3.23. The van der Waals surface area contributed by atoms with Crippen molar-refractivity contribution in [1.82, 2.24) is 4.57 Å². The minimum absolute atomic E-state index is 0.764. The summed E-state index contributed by atoms with van der Waals surface area (Å²) in [5, 5.41) is 1.53. The second-order valence-corrected chi connectivity index (χ2v) is 8.36. The van der Waals surface area contributed by atoms with Crippen molar-refractivity contribution in [2.45, 2.75) is 40.8 Å². The normalized spacial score (nSPS) is 15.1. The summed E-state index contributed by atoms with van der Waals surface area (Å²) in [5.41, 5.74) is 4.73. The highest BCUT2D eigenvalue weighted by molar-refractivity contribution is 6.31. The van der Waals surface area contributed by atoms with Gasteiger partial charge < -0.3 is 9.80 Å². The minimum Gasteiger partial charge on any atom is -0.326 e. The number of hydrogen-bond acceptors (Lipinski definition) is 2. The van der Waals surface area contributed by atoms with E-state index >= 15 is 0 Å². The fourth-order valence-electron chi connectivity index (χ4n) is 4.58. The van der Waals surface area contributed by atoms with E-state index < -0.39 is 0 Å². The lowest BCUT2D eigenvalue weighted by atomic mass is 10.2. The van der Waals surface area contributed by atoms with Crippen LogP contribution in [-0.4, -0.2) is 17.7 Å². The third kappa shape index (κ3) is 3.72. The fraction of sp³-hybridized carbons (Fsp3) is 0.320. The molecule has 0 unspecified atom stereocenters. The largest absolute Gasteiger partial charge is 0.326 e. The molecular weight excluding hydrogens is 427 g/mol. The van der Waals surface area contributed by atoms with Gasteiger partial charge in [0.25, 0.3) is 5.82 Å². The number of benzene rings is 2. The zero-order chi connectivity index (χ0) is 22.1. The van der Waals surface area contributed by atoms with Gasteiger partial charge in [-0.2, -0.15) is 0 Å². The van der Waals surface area contributed by atoms with Crippen LogP contribution in [0.25, 0.3) is 17.1 Å². The van der Waals surface area contributed by atoms with Crippen molar-refractivity contribution in [3.05, 3.63) is 70.2 Å². The molecule has 31 heavy (non-hydrogen) atoms. The molecule has 2 heterocycles. The lowest BCUT2D eigenvalue weighted by molar-refractivity contribution is -0.670. The molecule has 0 fully saturated rings. The van der Waals surface area contributed by atoms with E-state index in [4.69, 9.17) is 23.2 Å². The molecule has 0 radical (unpaired) electrons. The van der Waals surface area contributed by atoms with Crippen molar-refractivity contribution in [3.8, 4) is 0 Å². The van der Waals surface area contributed by atoms with Crippen LogP contribution in [0.15, 0.2) is 54.4 Å². The number of aromatic nitrogens is 2. The van der Waals surface area contributed by atoms with Crippen LogP contribution >= 0.6 is 23.2 Å². The van der Waals surface area contributed by atoms with E-state index in [0.29, 0.717) is 0 Å². The SMILES string of the molecule is CCN1/C(=C\C=C\c2n(CC)c3cc(Cl)ccc3[n+]2CC)N(CC)c2cc(Cl)ccc21. The van der Waals surface area contributed by atoms with E-state index in [9.17, 15) is 0 Å². The smallest absolute Gasteiger partial charge is 0.282 e. The van der Waals surface area contributed by atoms with E-state index in [2.05, 4.69) is 89.1 Å². The molecule has 0 saturated heterocycles. The predicted molar refractivity (Wildman–Crippen MR) is 133 cm³/mol. The van der Waals surface area contributed by atoms with E-state index in [0.717, 1.165) is 47.4 Å². The van der Waals surface area contributed by atoms with Crippen LogP contribution in [0.2, 0.25) is 10.0 Å². The maximum atomic E-state index is 6.29. The molecule has 0 aliphatic carbocycles. The lowest BCUT2D eigenvalue weighted by Gasteiger charge is -2.23. The highest BCUT2D eigenvalue weighted by Gasteiger charge is 2.29. The number of hydrogen-bond donors (Lipinski definition) is 0. The Morgan fingerprint density at radius 3 is 2.19 bits per heavy atom. The molecule has 0 saturated carbocycles. The minimum atomic E-state index is 0.764. The summed E-state index contributed by atoms with van der Waals surface area (Å²) in [7, 11) is 0. The van der Waals surface area contributed by atoms with Gasteiger partial charge in [-0.1, -0.05) is 29.3 Å². The molecule has 162 valence electrons. The van der Waals surface area contributed by atoms with Crippen LogP contribution in [0, 0.1) is 0 Å². The van der Waals surface area contributed by atoms with Crippen LogP contribution in [0.5, 0.6) is 0 Å². The molecule has 4 rings (SSSR count). The molecule has 1 aliphatic rings. The van der Waals surface area contributed by atoms with Crippen molar-refractivity contribution >= 4 is 51.7 Å². The quantitative estimate of drug-likeness (QED) is 0.394. The highest BCUT2D eigenvalue weighted by Crippen LogP contribution is 2.42. The number of anilines is 2. The number of halogens is 2. The van der Waals surface area contributed by atoms with Crippen LogP contribution in [0.1, 0.15) is 33.5 Å². The third-order valence-corrected chi connectivity index (χ3v) is 6.37. The van der Waals surface area contributed by atoms with Crippen LogP contribution < -0.4 is 14.4 Å². The van der Waals surface area contributed by atoms with Gasteiger partial charge in [0.2, 0.25) is 0 Å². The van der Waals surface area contributed by atoms with Crippen LogP contribution in [-0.2, 0) is 13.1 Å². The monoisotopic (exact) mass is 455 g/mol. The van der Waals surface area contributed by atoms with Gasteiger partial charge in [0.15, 0.2) is 11.0 Å². The van der Waals surface area contributed by atoms with Gasteiger partial charge in [0, 0.05) is 35.3 Å². The average molecular weight is 456 g/mol. The summed E-state index contributed by atoms with van der Waals surface area (Å²) in [6.07, 6.45) is 6.55. The van der Waals surface area contributed by atoms with E-state index in [1.54, 1.807) is 0 Å². The summed E-state index contributed by atoms with van der Waals surface area (Å²) in [5.74, 6) is 2.34. The summed E-state index contributed by atoms with van der Waals surface area (Å²) >= 11 is 12.6. The Labute approximate surface area is 194 Å². The molecule has 2 aromatic carbocycles. The Kier molecular flexibility index (Phi) is 6.31. The molecule has 0 spiro atoms. The van der Waals surface area contributed by atoms with E-state index in [1.807, 2.05) is 12.1 Å². The molecule has 4 nitrogen and oxygen atoms in total. The zero-order valence-corrected chi connectivity index (χ0v) is 20.1. The first-order chi connectivity index (χ1) is 15.0. The van der Waals surface area contributed by atoms with Crippen molar-refractivity contribution in [1.29, 1.82) is 0 Å². The summed E-state index contributed by atoms with van der Waals surface area (Å²) < 4.78 is 4.65. The van der Waals surface area contributed by atoms with Crippen LogP contribution in [0.3, 0.4) is 0 Å². The second-order valence-electron chi connectivity index (χ2n) is 7.49. The van der Waals surface area contributed by atoms with Gasteiger partial charge >= 0.3 is 0 Å². The summed E-state index contributed by atoms with van der Waals surface area (Å²) in [6.45, 7) is 12.3. The Hall–Kier alpha value is -2.43. The molecule has 6 heteroatoms. The number of fused-ring (bicyclic) bond motifs is 2. The molecule has 0 atom stereocenters. The highest BCUT2D eigenvalue weighted by atomic mass is 35.5. The number of rotatable bonds is 6. The number of allylic oxidation sites excluding steroid dienone is 2. The second kappa shape index (κ2) is 8.97. The topological polar surface area (TPSA) is 15.3 Å². The Balaban J connectivity index is 1.78. The Morgan fingerprint density at radius 1 is 0.839 bits per heavy atom. The first-order valence-corrected chi connectivity index (χ1v) is 11.7. The van der Waals surface area contributed by atoms with Crippen molar-refractivity contribution in [3.63, 3.8) is 0 Å². The van der Waals surface area contributed by atoms with Gasteiger partial charge in [0.05, 0.1) is 24.5 Å². The van der Waals surface area contributed by atoms with Gasteiger partial charge in [-0.25, -0.2) is 9.13 Å². The lowest BCUT2D eigenvalue weighted by Crippen LogP contribution is -2.35. The standard InChI is InChI=1S/C25H29Cl2N4/c1-5-28-20-14-12-18(26)16-22(20)30(7-3)24(28)10-9-11-25-29(6-2)21-15-13-19(27)17-23(21)31(25)8-4/h9-17H,5-8H2,1-4H3/q+1. The van der Waals surface area contributed by atoms with Crippen molar-refractivity contribution in [2.75, 3.05) is 22.9 Å². The van der Waals surface area contributed by atoms with E-state index in [-0.39, 0.29) is 0 Å². The summed E-state index contributed by atoms with van der Waals surface area (Å²) in [4.78, 5) is 4.65. The molecular formula is C25H29Cl2N4+. The maximum Gasteiger partial charge on any atom is 0.282 e. The molecule has 0 amide bonds. The van der Waals surface area contributed by atoms with Gasteiger partial charge in [-0.05, 0) is 64.1 Å². The van der Waals surface area contributed by atoms with Gasteiger partial charge in [-0.15, -0.1) is 0 Å². The fourth-order valence-corrected chi connectivity index (χ4v) is 4.91. The zero-order valence-electron chi connectivity index (χ0n) is 18.6. The summed E-state index contributed by atoms with van der Waals surface area (Å²) in [6, 6.07) is 12.3. The first kappa shape index (κ1) is 21.8. The van der Waals surface area contributed by atoms with Gasteiger partial charge in [-0.3, -0.25) is 0 Å². The van der Waals surface area contributed by atoms with Crippen molar-refractivity contribution in [2.24, 2.45) is 0 Å². The number of aryl methyl sites for hydroxylation is 2. The molecule has 0 bridgehead atoms. The Morgan fingerprint density at radius 2 is 1.52 bits per heavy atom. The number of imidazole rings is 1. The van der Waals surface area contributed by atoms with E-state index in [1.165, 1.54) is 22.8 Å². The molecule has 1 aromatic heterocycles. The first-order valence-electron chi connectivity index (χ1n) is 11.0. The third-order valence-electron chi connectivity index (χ3n) is 5.90. The van der Waals surface area contributed by atoms with Crippen molar-refractivity contribution < 1.29 is 4.57 Å². The predicted octanol–water partition coefficient (Wildman–Crippen LogP) is 6.50. The molecule has 0 N–H and O–H groups in total. The number of nitrogens with zero attached hydrogens (tertiary/aromatic N) is 4. The maximum absolute atomic E-state index is 6.29. The Bertz CT molecular complexity index is 1180. The molecule has 1 aliphatic heterocycles.